The molecule has 4 heteroatoms. The van der Waals surface area contributed by atoms with Crippen LogP contribution in [0.4, 0.5) is 5.69 Å². The number of likely N-dealkylation sites (N-methyl/N-ethyl adjacent to an activating group) is 1. The van der Waals surface area contributed by atoms with Gasteiger partial charge in [0.15, 0.2) is 0 Å². The van der Waals surface area contributed by atoms with E-state index in [2.05, 4.69) is 18.0 Å². The maximum Gasteiger partial charge on any atom is 0.238 e. The first kappa shape index (κ1) is 18.7. The Hall–Kier alpha value is -3.11. The maximum absolute atomic E-state index is 12.3. The van der Waals surface area contributed by atoms with E-state index in [1.807, 2.05) is 72.6 Å². The summed E-state index contributed by atoms with van der Waals surface area (Å²) in [6.45, 7) is 5.14. The molecule has 0 saturated carbocycles. The molecule has 0 fully saturated rings. The van der Waals surface area contributed by atoms with Crippen LogP contribution in [-0.4, -0.2) is 31.0 Å². The highest BCUT2D eigenvalue weighted by Gasteiger charge is 2.08. The summed E-state index contributed by atoms with van der Waals surface area (Å²) >= 11 is 0. The van der Waals surface area contributed by atoms with Crippen molar-refractivity contribution in [3.05, 3.63) is 84.9 Å². The number of carbonyl (C=O) groups excluding carboxylic acids is 1. The lowest BCUT2D eigenvalue weighted by Crippen LogP contribution is -2.29. The average molecular weight is 360 g/mol. The van der Waals surface area contributed by atoms with Gasteiger partial charge < -0.3 is 10.1 Å². The van der Waals surface area contributed by atoms with Crippen LogP contribution >= 0.6 is 0 Å². The first-order chi connectivity index (χ1) is 13.1. The monoisotopic (exact) mass is 360 g/mol. The topological polar surface area (TPSA) is 41.6 Å². The van der Waals surface area contributed by atoms with E-state index in [0.29, 0.717) is 19.7 Å². The van der Waals surface area contributed by atoms with Crippen LogP contribution < -0.4 is 10.1 Å². The standard InChI is InChI=1S/C23H24N2O2/c1-3-14-27-22-12-8-18(9-13-22)16-25(2)17-23(26)24-21-11-10-19-6-4-5-7-20(19)15-21/h3-13,15H,1,14,16-17H2,2H3,(H,24,26). The molecule has 0 bridgehead atoms. The van der Waals surface area contributed by atoms with Crippen LogP contribution in [0.5, 0.6) is 5.75 Å². The molecule has 0 radical (unpaired) electrons. The third-order valence-electron chi connectivity index (χ3n) is 4.19. The number of amides is 1. The Morgan fingerprint density at radius 1 is 1.07 bits per heavy atom. The smallest absolute Gasteiger partial charge is 0.238 e. The van der Waals surface area contributed by atoms with Crippen molar-refractivity contribution in [2.75, 3.05) is 25.5 Å². The molecule has 3 aromatic carbocycles. The number of nitrogens with one attached hydrogen (secondary N) is 1. The van der Waals surface area contributed by atoms with Crippen molar-refractivity contribution in [1.82, 2.24) is 4.90 Å². The molecule has 0 heterocycles. The van der Waals surface area contributed by atoms with E-state index in [1.54, 1.807) is 6.08 Å². The quantitative estimate of drug-likeness (QED) is 0.603. The summed E-state index contributed by atoms with van der Waals surface area (Å²) in [6.07, 6.45) is 1.72. The summed E-state index contributed by atoms with van der Waals surface area (Å²) in [5.41, 5.74) is 1.94. The largest absolute Gasteiger partial charge is 0.490 e. The lowest BCUT2D eigenvalue weighted by atomic mass is 10.1. The molecular weight excluding hydrogens is 336 g/mol. The zero-order valence-corrected chi connectivity index (χ0v) is 15.5. The van der Waals surface area contributed by atoms with Crippen LogP contribution in [0.25, 0.3) is 10.8 Å². The van der Waals surface area contributed by atoms with Gasteiger partial charge in [0.05, 0.1) is 6.54 Å². The van der Waals surface area contributed by atoms with Gasteiger partial charge in [-0.05, 0) is 47.6 Å². The molecule has 138 valence electrons. The normalized spacial score (nSPS) is 10.7. The third kappa shape index (κ3) is 5.43. The van der Waals surface area contributed by atoms with Crippen molar-refractivity contribution < 1.29 is 9.53 Å². The molecule has 0 saturated heterocycles. The second-order valence-electron chi connectivity index (χ2n) is 6.53. The van der Waals surface area contributed by atoms with Gasteiger partial charge in [0.25, 0.3) is 0 Å². The Morgan fingerprint density at radius 2 is 1.81 bits per heavy atom. The first-order valence-corrected chi connectivity index (χ1v) is 8.94. The molecule has 0 atom stereocenters. The summed E-state index contributed by atoms with van der Waals surface area (Å²) in [4.78, 5) is 14.3. The molecule has 3 rings (SSSR count). The fraction of sp³-hybridized carbons (Fsp3) is 0.174. The van der Waals surface area contributed by atoms with Gasteiger partial charge in [0.1, 0.15) is 12.4 Å². The Bertz CT molecular complexity index is 919. The molecule has 0 aliphatic heterocycles. The lowest BCUT2D eigenvalue weighted by Gasteiger charge is -2.17. The highest BCUT2D eigenvalue weighted by molar-refractivity contribution is 5.95. The third-order valence-corrected chi connectivity index (χ3v) is 4.19. The van der Waals surface area contributed by atoms with Gasteiger partial charge in [-0.2, -0.15) is 0 Å². The van der Waals surface area contributed by atoms with Crippen LogP contribution in [0.1, 0.15) is 5.56 Å². The van der Waals surface area contributed by atoms with Crippen LogP contribution in [-0.2, 0) is 11.3 Å². The van der Waals surface area contributed by atoms with Crippen LogP contribution in [0.2, 0.25) is 0 Å². The fourth-order valence-electron chi connectivity index (χ4n) is 2.93. The van der Waals surface area contributed by atoms with Gasteiger partial charge in [-0.3, -0.25) is 9.69 Å². The highest BCUT2D eigenvalue weighted by Crippen LogP contribution is 2.19. The van der Waals surface area contributed by atoms with Crippen molar-refractivity contribution in [1.29, 1.82) is 0 Å². The molecule has 0 spiro atoms. The molecule has 1 amide bonds. The van der Waals surface area contributed by atoms with Crippen molar-refractivity contribution >= 4 is 22.4 Å². The average Bonchev–Trinajstić information content (AvgIpc) is 2.67. The van der Waals surface area contributed by atoms with E-state index < -0.39 is 0 Å². The number of rotatable bonds is 8. The Labute approximate surface area is 160 Å². The minimum Gasteiger partial charge on any atom is -0.490 e. The van der Waals surface area contributed by atoms with E-state index in [9.17, 15) is 4.79 Å². The molecule has 27 heavy (non-hydrogen) atoms. The zero-order chi connectivity index (χ0) is 19.1. The Kier molecular flexibility index (Phi) is 6.23. The zero-order valence-electron chi connectivity index (χ0n) is 15.5. The summed E-state index contributed by atoms with van der Waals surface area (Å²) in [5.74, 6) is 0.786. The van der Waals surface area contributed by atoms with Crippen molar-refractivity contribution in [2.24, 2.45) is 0 Å². The van der Waals surface area contributed by atoms with E-state index in [1.165, 1.54) is 0 Å². The van der Waals surface area contributed by atoms with E-state index >= 15 is 0 Å². The number of ether oxygens (including phenoxy) is 1. The predicted octanol–water partition coefficient (Wildman–Crippen LogP) is 4.48. The van der Waals surface area contributed by atoms with Crippen LogP contribution in [0, 0.1) is 0 Å². The van der Waals surface area contributed by atoms with Gasteiger partial charge >= 0.3 is 0 Å². The Balaban J connectivity index is 1.52. The number of anilines is 1. The molecule has 0 aliphatic rings. The molecule has 0 aromatic heterocycles. The number of hydrogen-bond donors (Lipinski definition) is 1. The number of fused-ring (bicyclic) bond motifs is 1. The van der Waals surface area contributed by atoms with Gasteiger partial charge in [-0.25, -0.2) is 0 Å². The highest BCUT2D eigenvalue weighted by atomic mass is 16.5. The van der Waals surface area contributed by atoms with Crippen molar-refractivity contribution in [3.63, 3.8) is 0 Å². The first-order valence-electron chi connectivity index (χ1n) is 8.94. The van der Waals surface area contributed by atoms with Gasteiger partial charge in [-0.15, -0.1) is 0 Å². The molecular formula is C23H24N2O2. The summed E-state index contributed by atoms with van der Waals surface area (Å²) in [5, 5.41) is 5.25. The number of benzene rings is 3. The van der Waals surface area contributed by atoms with E-state index in [4.69, 9.17) is 4.74 Å². The predicted molar refractivity (Wildman–Crippen MR) is 111 cm³/mol. The van der Waals surface area contributed by atoms with Crippen LogP contribution in [0.15, 0.2) is 79.4 Å². The number of carbonyl (C=O) groups is 1. The SMILES string of the molecule is C=CCOc1ccc(CN(C)CC(=O)Nc2ccc3ccccc3c2)cc1. The molecule has 3 aromatic rings. The molecule has 4 nitrogen and oxygen atoms in total. The van der Waals surface area contributed by atoms with Crippen LogP contribution in [0.3, 0.4) is 0 Å². The number of nitrogens with zero attached hydrogens (tertiary/aromatic N) is 1. The van der Waals surface area contributed by atoms with E-state index in [0.717, 1.165) is 27.8 Å². The van der Waals surface area contributed by atoms with E-state index in [-0.39, 0.29) is 5.91 Å². The molecule has 1 N–H and O–H groups in total. The van der Waals surface area contributed by atoms with Crippen molar-refractivity contribution in [2.45, 2.75) is 6.54 Å². The van der Waals surface area contributed by atoms with Crippen molar-refractivity contribution in [3.8, 4) is 5.75 Å². The second kappa shape index (κ2) is 9.01. The maximum atomic E-state index is 12.3. The second-order valence-corrected chi connectivity index (χ2v) is 6.53. The van der Waals surface area contributed by atoms with Gasteiger partial charge in [-0.1, -0.05) is 55.1 Å². The summed E-state index contributed by atoms with van der Waals surface area (Å²) < 4.78 is 5.48. The van der Waals surface area contributed by atoms with Gasteiger partial charge in [0, 0.05) is 12.2 Å². The summed E-state index contributed by atoms with van der Waals surface area (Å²) in [7, 11) is 1.93. The number of hydrogen-bond acceptors (Lipinski definition) is 3. The molecule has 0 aliphatic carbocycles. The molecule has 0 unspecified atom stereocenters. The Morgan fingerprint density at radius 3 is 2.56 bits per heavy atom. The lowest BCUT2D eigenvalue weighted by molar-refractivity contribution is -0.117. The van der Waals surface area contributed by atoms with Gasteiger partial charge in [0.2, 0.25) is 5.91 Å². The summed E-state index contributed by atoms with van der Waals surface area (Å²) in [6, 6.07) is 21.9. The minimum absolute atomic E-state index is 0.0290. The minimum atomic E-state index is -0.0290. The fourth-order valence-corrected chi connectivity index (χ4v) is 2.93.